The molecule has 136 valence electrons. The first-order chi connectivity index (χ1) is 12.4. The lowest BCUT2D eigenvalue weighted by molar-refractivity contribution is 0.0950. The summed E-state index contributed by atoms with van der Waals surface area (Å²) in [7, 11) is 0. The van der Waals surface area contributed by atoms with E-state index in [1.54, 1.807) is 30.3 Å². The van der Waals surface area contributed by atoms with Gasteiger partial charge >= 0.3 is 0 Å². The van der Waals surface area contributed by atoms with E-state index in [0.29, 0.717) is 17.0 Å². The number of amides is 1. The molecule has 1 unspecified atom stereocenters. The minimum Gasteiger partial charge on any atom is -0.351 e. The first-order valence-electron chi connectivity index (χ1n) is 8.58. The molecule has 26 heavy (non-hydrogen) atoms. The van der Waals surface area contributed by atoms with Crippen molar-refractivity contribution in [1.82, 2.24) is 15.1 Å². The van der Waals surface area contributed by atoms with Crippen LogP contribution in [-0.4, -0.2) is 22.2 Å². The molecule has 0 saturated carbocycles. The van der Waals surface area contributed by atoms with Crippen LogP contribution in [0.3, 0.4) is 0 Å². The number of hydrogen-bond acceptors (Lipinski definition) is 3. The zero-order chi connectivity index (χ0) is 18.7. The molecule has 0 radical (unpaired) electrons. The van der Waals surface area contributed by atoms with Crippen LogP contribution in [-0.2, 0) is 6.54 Å². The summed E-state index contributed by atoms with van der Waals surface area (Å²) in [6, 6.07) is 12.2. The van der Waals surface area contributed by atoms with E-state index in [9.17, 15) is 9.18 Å². The van der Waals surface area contributed by atoms with Crippen molar-refractivity contribution in [3.05, 3.63) is 64.5 Å². The van der Waals surface area contributed by atoms with E-state index in [0.717, 1.165) is 22.8 Å². The van der Waals surface area contributed by atoms with Crippen molar-refractivity contribution in [2.75, 3.05) is 6.54 Å². The average molecular weight is 371 g/mol. The first-order valence-corrected chi connectivity index (χ1v) is 9.39. The van der Waals surface area contributed by atoms with Crippen LogP contribution in [0.25, 0.3) is 10.4 Å². The molecule has 0 aliphatic rings. The third kappa shape index (κ3) is 4.19. The normalized spacial score (nSPS) is 12.2. The summed E-state index contributed by atoms with van der Waals surface area (Å²) in [5.74, 6) is -0.152. The summed E-state index contributed by atoms with van der Waals surface area (Å²) in [4.78, 5) is 13.7. The highest BCUT2D eigenvalue weighted by molar-refractivity contribution is 7.17. The second-order valence-electron chi connectivity index (χ2n) is 6.57. The number of carbonyl (C=O) groups is 1. The lowest BCUT2D eigenvalue weighted by Gasteiger charge is -2.13. The number of rotatable bonds is 6. The van der Waals surface area contributed by atoms with E-state index in [4.69, 9.17) is 0 Å². The third-order valence-corrected chi connectivity index (χ3v) is 5.29. The Balaban J connectivity index is 1.59. The van der Waals surface area contributed by atoms with E-state index in [-0.39, 0.29) is 17.6 Å². The average Bonchev–Trinajstić information content (AvgIpc) is 3.20. The van der Waals surface area contributed by atoms with Gasteiger partial charge in [0.15, 0.2) is 0 Å². The second-order valence-corrected chi connectivity index (χ2v) is 7.65. The summed E-state index contributed by atoms with van der Waals surface area (Å²) < 4.78 is 15.8. The fourth-order valence-electron chi connectivity index (χ4n) is 2.84. The first kappa shape index (κ1) is 18.3. The van der Waals surface area contributed by atoms with Crippen LogP contribution in [0.5, 0.6) is 0 Å². The van der Waals surface area contributed by atoms with E-state index >= 15 is 0 Å². The molecule has 3 rings (SSSR count). The van der Waals surface area contributed by atoms with Crippen molar-refractivity contribution in [1.29, 1.82) is 0 Å². The highest BCUT2D eigenvalue weighted by atomic mass is 32.1. The molecule has 0 saturated heterocycles. The van der Waals surface area contributed by atoms with Gasteiger partial charge in [-0.3, -0.25) is 9.48 Å². The zero-order valence-corrected chi connectivity index (χ0v) is 15.9. The molecule has 1 atom stereocenters. The number of nitrogens with zero attached hydrogens (tertiary/aromatic N) is 2. The standard InChI is InChI=1S/C20H22FN3OS/c1-13(12-24-15(3)10-14(2)23-24)11-22-20(25)19-9-8-18(26-19)16-6-4-5-7-17(16)21/h4-10,13H,11-12H2,1-3H3,(H,22,25). The Kier molecular flexibility index (Phi) is 5.52. The van der Waals surface area contributed by atoms with Crippen molar-refractivity contribution in [3.63, 3.8) is 0 Å². The highest BCUT2D eigenvalue weighted by Crippen LogP contribution is 2.29. The monoisotopic (exact) mass is 371 g/mol. The molecular weight excluding hydrogens is 349 g/mol. The Morgan fingerprint density at radius 2 is 2.04 bits per heavy atom. The molecule has 6 heteroatoms. The van der Waals surface area contributed by atoms with E-state index in [1.807, 2.05) is 24.6 Å². The zero-order valence-electron chi connectivity index (χ0n) is 15.1. The van der Waals surface area contributed by atoms with E-state index in [2.05, 4.69) is 17.3 Å². The topological polar surface area (TPSA) is 46.9 Å². The van der Waals surface area contributed by atoms with Gasteiger partial charge in [-0.05, 0) is 44.0 Å². The number of aromatic nitrogens is 2. The van der Waals surface area contributed by atoms with Gasteiger partial charge in [-0.2, -0.15) is 5.10 Å². The number of aryl methyl sites for hydroxylation is 2. The fourth-order valence-corrected chi connectivity index (χ4v) is 3.79. The molecule has 0 spiro atoms. The van der Waals surface area contributed by atoms with Gasteiger partial charge < -0.3 is 5.32 Å². The maximum Gasteiger partial charge on any atom is 0.261 e. The molecule has 0 aliphatic heterocycles. The lowest BCUT2D eigenvalue weighted by atomic mass is 10.1. The Labute approximate surface area is 156 Å². The van der Waals surface area contributed by atoms with Gasteiger partial charge in [0.1, 0.15) is 5.82 Å². The quantitative estimate of drug-likeness (QED) is 0.697. The second kappa shape index (κ2) is 7.83. The highest BCUT2D eigenvalue weighted by Gasteiger charge is 2.14. The van der Waals surface area contributed by atoms with Crippen molar-refractivity contribution in [2.24, 2.45) is 5.92 Å². The molecule has 1 N–H and O–H groups in total. The van der Waals surface area contributed by atoms with Crippen molar-refractivity contribution in [3.8, 4) is 10.4 Å². The van der Waals surface area contributed by atoms with Gasteiger partial charge in [0.05, 0.1) is 10.6 Å². The number of hydrogen-bond donors (Lipinski definition) is 1. The maximum absolute atomic E-state index is 13.9. The Morgan fingerprint density at radius 1 is 1.27 bits per heavy atom. The predicted molar refractivity (Wildman–Crippen MR) is 103 cm³/mol. The largest absolute Gasteiger partial charge is 0.351 e. The third-order valence-electron chi connectivity index (χ3n) is 4.17. The summed E-state index contributed by atoms with van der Waals surface area (Å²) in [5, 5.41) is 7.41. The molecular formula is C20H22FN3OS. The van der Waals surface area contributed by atoms with Crippen LogP contribution < -0.4 is 5.32 Å². The SMILES string of the molecule is Cc1cc(C)n(CC(C)CNC(=O)c2ccc(-c3ccccc3F)s2)n1. The minimum atomic E-state index is -0.278. The van der Waals surface area contributed by atoms with Crippen LogP contribution in [0.2, 0.25) is 0 Å². The summed E-state index contributed by atoms with van der Waals surface area (Å²) in [5.41, 5.74) is 2.64. The summed E-state index contributed by atoms with van der Waals surface area (Å²) >= 11 is 1.30. The Bertz CT molecular complexity index is 915. The van der Waals surface area contributed by atoms with E-state index < -0.39 is 0 Å². The van der Waals surface area contributed by atoms with E-state index in [1.165, 1.54) is 17.4 Å². The minimum absolute atomic E-state index is 0.127. The molecule has 0 aliphatic carbocycles. The van der Waals surface area contributed by atoms with Crippen LogP contribution in [0.4, 0.5) is 4.39 Å². The van der Waals surface area contributed by atoms with Crippen molar-refractivity contribution >= 4 is 17.2 Å². The number of halogens is 1. The Morgan fingerprint density at radius 3 is 2.73 bits per heavy atom. The molecule has 3 aromatic rings. The van der Waals surface area contributed by atoms with Crippen LogP contribution in [0.1, 0.15) is 28.0 Å². The molecule has 1 amide bonds. The van der Waals surface area contributed by atoms with Crippen molar-refractivity contribution in [2.45, 2.75) is 27.3 Å². The molecule has 4 nitrogen and oxygen atoms in total. The van der Waals surface area contributed by atoms with Gasteiger partial charge in [-0.15, -0.1) is 11.3 Å². The number of carbonyl (C=O) groups excluding carboxylic acids is 1. The number of thiophene rings is 1. The van der Waals surface area contributed by atoms with Crippen LogP contribution in [0.15, 0.2) is 42.5 Å². The molecule has 1 aromatic carbocycles. The van der Waals surface area contributed by atoms with Gasteiger partial charge in [-0.1, -0.05) is 25.1 Å². The van der Waals surface area contributed by atoms with Gasteiger partial charge in [-0.25, -0.2) is 4.39 Å². The molecule has 0 bridgehead atoms. The van der Waals surface area contributed by atoms with Crippen molar-refractivity contribution < 1.29 is 9.18 Å². The number of nitrogens with one attached hydrogen (secondary N) is 1. The summed E-state index contributed by atoms with van der Waals surface area (Å²) in [6.45, 7) is 7.39. The maximum atomic E-state index is 13.9. The predicted octanol–water partition coefficient (Wildman–Crippen LogP) is 4.43. The van der Waals surface area contributed by atoms with Crippen LogP contribution >= 0.6 is 11.3 Å². The lowest BCUT2D eigenvalue weighted by Crippen LogP contribution is -2.29. The van der Waals surface area contributed by atoms with Crippen LogP contribution in [0, 0.1) is 25.6 Å². The summed E-state index contributed by atoms with van der Waals surface area (Å²) in [6.07, 6.45) is 0. The molecule has 2 aromatic heterocycles. The molecule has 0 fully saturated rings. The van der Waals surface area contributed by atoms with Gasteiger partial charge in [0, 0.05) is 29.2 Å². The molecule has 2 heterocycles. The Hall–Kier alpha value is -2.47. The number of benzene rings is 1. The fraction of sp³-hybridized carbons (Fsp3) is 0.300. The van der Waals surface area contributed by atoms with Gasteiger partial charge in [0.2, 0.25) is 0 Å². The van der Waals surface area contributed by atoms with Gasteiger partial charge in [0.25, 0.3) is 5.91 Å². The smallest absolute Gasteiger partial charge is 0.261 e.